The molecule has 0 aromatic heterocycles. The predicted molar refractivity (Wildman–Crippen MR) is 118 cm³/mol. The van der Waals surface area contributed by atoms with Crippen LogP contribution in [-0.4, -0.2) is 21.2 Å². The molecule has 154 valence electrons. The summed E-state index contributed by atoms with van der Waals surface area (Å²) in [5, 5.41) is 4.45. The molecule has 7 nitrogen and oxygen atoms in total. The van der Waals surface area contributed by atoms with Crippen molar-refractivity contribution in [3.63, 3.8) is 0 Å². The van der Waals surface area contributed by atoms with Crippen molar-refractivity contribution in [2.45, 2.75) is 17.4 Å². The van der Waals surface area contributed by atoms with E-state index in [1.165, 1.54) is 12.1 Å². The third-order valence-corrected chi connectivity index (χ3v) is 6.29. The van der Waals surface area contributed by atoms with Gasteiger partial charge in [0.1, 0.15) is 5.75 Å². The number of nitrogen functional groups attached to an aromatic ring is 1. The molecule has 1 atom stereocenters. The van der Waals surface area contributed by atoms with Gasteiger partial charge in [0.2, 0.25) is 0 Å². The largest absolute Gasteiger partial charge is 0.497 e. The number of nitrogens with one attached hydrogen (secondary N) is 2. The predicted octanol–water partition coefficient (Wildman–Crippen LogP) is 3.52. The lowest BCUT2D eigenvalue weighted by Gasteiger charge is -2.11. The third kappa shape index (κ3) is 4.23. The standard InChI is InChI=1S/C22H22N4O3S/c1-29-19-11-7-16(8-12-19)22-14-21(24-25-22)15-5-9-18(10-6-15)26-30(27,28)20-4-2-3-17(23)13-20/h2-13,22,25-26H,14,23H2,1H3. The summed E-state index contributed by atoms with van der Waals surface area (Å²) in [6.07, 6.45) is 0.737. The molecule has 1 aliphatic rings. The van der Waals surface area contributed by atoms with Crippen LogP contribution in [0.25, 0.3) is 0 Å². The van der Waals surface area contributed by atoms with Crippen LogP contribution in [-0.2, 0) is 10.0 Å². The zero-order chi connectivity index (χ0) is 21.1. The van der Waals surface area contributed by atoms with Gasteiger partial charge in [0, 0.05) is 17.8 Å². The fourth-order valence-electron chi connectivity index (χ4n) is 3.28. The lowest BCUT2D eigenvalue weighted by molar-refractivity contribution is 0.414. The van der Waals surface area contributed by atoms with Crippen LogP contribution in [0.15, 0.2) is 82.8 Å². The quantitative estimate of drug-likeness (QED) is 0.527. The highest BCUT2D eigenvalue weighted by Gasteiger charge is 2.21. The van der Waals surface area contributed by atoms with E-state index < -0.39 is 10.0 Å². The molecule has 8 heteroatoms. The molecule has 0 amide bonds. The summed E-state index contributed by atoms with van der Waals surface area (Å²) in [7, 11) is -2.06. The highest BCUT2D eigenvalue weighted by molar-refractivity contribution is 7.92. The van der Waals surface area contributed by atoms with Crippen LogP contribution < -0.4 is 20.6 Å². The zero-order valence-electron chi connectivity index (χ0n) is 16.4. The second-order valence-electron chi connectivity index (χ2n) is 6.97. The Morgan fingerprint density at radius 3 is 2.47 bits per heavy atom. The molecule has 0 spiro atoms. The molecule has 0 fully saturated rings. The summed E-state index contributed by atoms with van der Waals surface area (Å²) in [4.78, 5) is 0.123. The molecule has 30 heavy (non-hydrogen) atoms. The topological polar surface area (TPSA) is 106 Å². The summed E-state index contributed by atoms with van der Waals surface area (Å²) >= 11 is 0. The summed E-state index contributed by atoms with van der Waals surface area (Å²) in [5.74, 6) is 0.814. The number of rotatable bonds is 6. The van der Waals surface area contributed by atoms with Gasteiger partial charge in [-0.2, -0.15) is 5.10 Å². The van der Waals surface area contributed by atoms with E-state index in [-0.39, 0.29) is 10.9 Å². The maximum atomic E-state index is 12.5. The van der Waals surface area contributed by atoms with E-state index in [1.54, 1.807) is 31.4 Å². The normalized spacial score (nSPS) is 15.9. The molecule has 0 aliphatic carbocycles. The second kappa shape index (κ2) is 8.08. The Morgan fingerprint density at radius 1 is 1.07 bits per heavy atom. The first kappa shape index (κ1) is 19.8. The Bertz CT molecular complexity index is 1170. The molecule has 1 heterocycles. The number of sulfonamides is 1. The number of hydrogen-bond acceptors (Lipinski definition) is 6. The maximum absolute atomic E-state index is 12.5. The van der Waals surface area contributed by atoms with Crippen LogP contribution in [0.1, 0.15) is 23.6 Å². The molecule has 4 N–H and O–H groups in total. The van der Waals surface area contributed by atoms with Gasteiger partial charge in [0.15, 0.2) is 0 Å². The van der Waals surface area contributed by atoms with E-state index in [4.69, 9.17) is 10.5 Å². The van der Waals surface area contributed by atoms with Gasteiger partial charge in [-0.25, -0.2) is 8.42 Å². The van der Waals surface area contributed by atoms with Crippen LogP contribution >= 0.6 is 0 Å². The Labute approximate surface area is 175 Å². The number of nitrogens with zero attached hydrogens (tertiary/aromatic N) is 1. The number of hydrogen-bond donors (Lipinski definition) is 3. The fraction of sp³-hybridized carbons (Fsp3) is 0.136. The minimum atomic E-state index is -3.70. The number of benzene rings is 3. The molecule has 0 bridgehead atoms. The first-order chi connectivity index (χ1) is 14.4. The van der Waals surface area contributed by atoms with Crippen molar-refractivity contribution in [2.24, 2.45) is 5.10 Å². The van der Waals surface area contributed by atoms with Gasteiger partial charge in [-0.3, -0.25) is 4.72 Å². The summed E-state index contributed by atoms with van der Waals surface area (Å²) < 4.78 is 32.8. The summed E-state index contributed by atoms with van der Waals surface area (Å²) in [6.45, 7) is 0. The summed E-state index contributed by atoms with van der Waals surface area (Å²) in [5.41, 5.74) is 12.7. The number of methoxy groups -OCH3 is 1. The van der Waals surface area contributed by atoms with Crippen LogP contribution in [0, 0.1) is 0 Å². The number of ether oxygens (including phenoxy) is 1. The van der Waals surface area contributed by atoms with Gasteiger partial charge >= 0.3 is 0 Å². The second-order valence-corrected chi connectivity index (χ2v) is 8.66. The Morgan fingerprint density at radius 2 is 1.80 bits per heavy atom. The molecule has 3 aromatic rings. The van der Waals surface area contributed by atoms with Crippen molar-refractivity contribution in [3.05, 3.63) is 83.9 Å². The Balaban J connectivity index is 1.43. The Kier molecular flexibility index (Phi) is 5.33. The molecule has 0 saturated carbocycles. The van der Waals surface area contributed by atoms with Gasteiger partial charge < -0.3 is 15.9 Å². The number of hydrazone groups is 1. The fourth-order valence-corrected chi connectivity index (χ4v) is 4.39. The van der Waals surface area contributed by atoms with Crippen molar-refractivity contribution in [1.29, 1.82) is 0 Å². The molecular formula is C22H22N4O3S. The van der Waals surface area contributed by atoms with E-state index in [1.807, 2.05) is 36.4 Å². The molecule has 3 aromatic carbocycles. The Hall–Kier alpha value is -3.52. The van der Waals surface area contributed by atoms with Crippen molar-refractivity contribution in [3.8, 4) is 5.75 Å². The van der Waals surface area contributed by atoms with E-state index in [0.29, 0.717) is 11.4 Å². The maximum Gasteiger partial charge on any atom is 0.261 e. The lowest BCUT2D eigenvalue weighted by atomic mass is 9.99. The molecule has 4 rings (SSSR count). The molecule has 0 radical (unpaired) electrons. The van der Waals surface area contributed by atoms with E-state index in [9.17, 15) is 8.42 Å². The van der Waals surface area contributed by atoms with Gasteiger partial charge in [0.05, 0.1) is 23.8 Å². The molecule has 0 saturated heterocycles. The van der Waals surface area contributed by atoms with E-state index in [2.05, 4.69) is 15.2 Å². The van der Waals surface area contributed by atoms with Gasteiger partial charge in [-0.1, -0.05) is 30.3 Å². The van der Waals surface area contributed by atoms with Crippen molar-refractivity contribution in [2.75, 3.05) is 17.6 Å². The van der Waals surface area contributed by atoms with Crippen LogP contribution in [0.5, 0.6) is 5.75 Å². The first-order valence-electron chi connectivity index (χ1n) is 9.39. The molecule has 1 unspecified atom stereocenters. The van der Waals surface area contributed by atoms with Crippen LogP contribution in [0.2, 0.25) is 0 Å². The average Bonchev–Trinajstić information content (AvgIpc) is 3.24. The molecular weight excluding hydrogens is 400 g/mol. The van der Waals surface area contributed by atoms with Crippen LogP contribution in [0.4, 0.5) is 11.4 Å². The smallest absolute Gasteiger partial charge is 0.261 e. The van der Waals surface area contributed by atoms with E-state index >= 15 is 0 Å². The van der Waals surface area contributed by atoms with Gasteiger partial charge in [0.25, 0.3) is 10.0 Å². The van der Waals surface area contributed by atoms with Crippen molar-refractivity contribution >= 4 is 27.1 Å². The van der Waals surface area contributed by atoms with E-state index in [0.717, 1.165) is 29.0 Å². The lowest BCUT2D eigenvalue weighted by Crippen LogP contribution is -2.13. The van der Waals surface area contributed by atoms with Crippen molar-refractivity contribution < 1.29 is 13.2 Å². The monoisotopic (exact) mass is 422 g/mol. The van der Waals surface area contributed by atoms with Gasteiger partial charge in [-0.05, 0) is 53.6 Å². The average molecular weight is 423 g/mol. The first-order valence-corrected chi connectivity index (χ1v) is 10.9. The van der Waals surface area contributed by atoms with Crippen LogP contribution in [0.3, 0.4) is 0 Å². The SMILES string of the molecule is COc1ccc(C2CC(c3ccc(NS(=O)(=O)c4cccc(N)c4)cc3)=NN2)cc1. The number of nitrogens with two attached hydrogens (primary N) is 1. The third-order valence-electron chi connectivity index (χ3n) is 4.91. The summed E-state index contributed by atoms with van der Waals surface area (Å²) in [6, 6.07) is 21.3. The zero-order valence-corrected chi connectivity index (χ0v) is 17.2. The van der Waals surface area contributed by atoms with Crippen molar-refractivity contribution in [1.82, 2.24) is 5.43 Å². The number of anilines is 2. The minimum Gasteiger partial charge on any atom is -0.497 e. The molecule has 1 aliphatic heterocycles. The minimum absolute atomic E-state index is 0.0904. The highest BCUT2D eigenvalue weighted by atomic mass is 32.2. The highest BCUT2D eigenvalue weighted by Crippen LogP contribution is 2.27. The van der Waals surface area contributed by atoms with Gasteiger partial charge in [-0.15, -0.1) is 0 Å².